The molecular formula is C16H22N3O2+. The van der Waals surface area contributed by atoms with E-state index in [4.69, 9.17) is 0 Å². The fourth-order valence-corrected chi connectivity index (χ4v) is 3.17. The van der Waals surface area contributed by atoms with Crippen molar-refractivity contribution in [2.45, 2.75) is 32.7 Å². The van der Waals surface area contributed by atoms with Crippen LogP contribution in [0.4, 0.5) is 10.5 Å². The molecule has 112 valence electrons. The lowest BCUT2D eigenvalue weighted by molar-refractivity contribution is -0.894. The first-order valence-corrected chi connectivity index (χ1v) is 7.63. The zero-order valence-electron chi connectivity index (χ0n) is 12.6. The first kappa shape index (κ1) is 14.1. The molecule has 1 aromatic carbocycles. The van der Waals surface area contributed by atoms with Gasteiger partial charge in [0.25, 0.3) is 5.91 Å². The molecule has 0 spiro atoms. The Balaban J connectivity index is 1.81. The number of amides is 3. The monoisotopic (exact) mass is 288 g/mol. The van der Waals surface area contributed by atoms with Gasteiger partial charge in [-0.1, -0.05) is 17.7 Å². The SMILES string of the molecule is Cc1ccc(N2C(=O)N(C[NH+]3CCCC3)C(=O)[C@@H]2C)cc1. The number of likely N-dealkylation sites (tertiary alicyclic amines) is 1. The van der Waals surface area contributed by atoms with E-state index in [-0.39, 0.29) is 11.9 Å². The Morgan fingerprint density at radius 2 is 1.76 bits per heavy atom. The third-order valence-corrected chi connectivity index (χ3v) is 4.45. The number of aryl methyl sites for hydroxylation is 1. The van der Waals surface area contributed by atoms with Gasteiger partial charge in [-0.3, -0.25) is 9.69 Å². The molecule has 0 aromatic heterocycles. The molecule has 3 rings (SSSR count). The maximum absolute atomic E-state index is 12.6. The van der Waals surface area contributed by atoms with E-state index < -0.39 is 6.04 Å². The molecule has 0 bridgehead atoms. The number of nitrogens with one attached hydrogen (secondary N) is 1. The van der Waals surface area contributed by atoms with Crippen LogP contribution < -0.4 is 9.80 Å². The molecule has 21 heavy (non-hydrogen) atoms. The smallest absolute Gasteiger partial charge is 0.317 e. The van der Waals surface area contributed by atoms with Crippen LogP contribution in [-0.4, -0.2) is 42.6 Å². The predicted molar refractivity (Wildman–Crippen MR) is 80.2 cm³/mol. The second kappa shape index (κ2) is 5.48. The van der Waals surface area contributed by atoms with Crippen molar-refractivity contribution in [2.24, 2.45) is 0 Å². The summed E-state index contributed by atoms with van der Waals surface area (Å²) in [6.07, 6.45) is 2.37. The molecule has 3 amide bonds. The summed E-state index contributed by atoms with van der Waals surface area (Å²) >= 11 is 0. The number of hydrogen-bond donors (Lipinski definition) is 1. The third-order valence-electron chi connectivity index (χ3n) is 4.45. The third kappa shape index (κ3) is 2.53. The molecule has 1 aromatic rings. The molecule has 0 saturated carbocycles. The second-order valence-corrected chi connectivity index (χ2v) is 6.05. The lowest BCUT2D eigenvalue weighted by Gasteiger charge is -2.21. The highest BCUT2D eigenvalue weighted by molar-refractivity contribution is 6.13. The van der Waals surface area contributed by atoms with Crippen LogP contribution in [0.15, 0.2) is 24.3 Å². The number of urea groups is 1. The van der Waals surface area contributed by atoms with Crippen LogP contribution in [-0.2, 0) is 4.79 Å². The maximum Gasteiger partial charge on any atom is 0.336 e. The molecule has 2 fully saturated rings. The Bertz CT molecular complexity index is 549. The molecule has 1 N–H and O–H groups in total. The molecular weight excluding hydrogens is 266 g/mol. The van der Waals surface area contributed by atoms with E-state index in [0.717, 1.165) is 24.3 Å². The van der Waals surface area contributed by atoms with E-state index in [0.29, 0.717) is 6.67 Å². The standard InChI is InChI=1S/C16H21N3O2/c1-12-5-7-14(8-6-12)19-13(2)15(20)18(16(19)21)11-17-9-3-4-10-17/h5-8,13H,3-4,9-11H2,1-2H3/p+1/t13-/m0/s1. The molecule has 2 heterocycles. The molecule has 0 aliphatic carbocycles. The summed E-state index contributed by atoms with van der Waals surface area (Å²) in [6, 6.07) is 7.15. The van der Waals surface area contributed by atoms with Gasteiger partial charge in [-0.2, -0.15) is 0 Å². The van der Waals surface area contributed by atoms with Gasteiger partial charge in [-0.25, -0.2) is 9.69 Å². The number of benzene rings is 1. The van der Waals surface area contributed by atoms with Gasteiger partial charge >= 0.3 is 6.03 Å². The van der Waals surface area contributed by atoms with E-state index in [1.54, 1.807) is 11.8 Å². The minimum atomic E-state index is -0.415. The van der Waals surface area contributed by atoms with Gasteiger partial charge in [-0.15, -0.1) is 0 Å². The summed E-state index contributed by atoms with van der Waals surface area (Å²) in [6.45, 7) is 6.42. The molecule has 0 unspecified atom stereocenters. The Morgan fingerprint density at radius 1 is 1.14 bits per heavy atom. The maximum atomic E-state index is 12.6. The first-order chi connectivity index (χ1) is 10.1. The summed E-state index contributed by atoms with van der Waals surface area (Å²) in [5.74, 6) is -0.0834. The van der Waals surface area contributed by atoms with Crippen molar-refractivity contribution in [3.8, 4) is 0 Å². The van der Waals surface area contributed by atoms with Crippen molar-refractivity contribution in [1.29, 1.82) is 0 Å². The molecule has 2 aliphatic heterocycles. The number of nitrogens with zero attached hydrogens (tertiary/aromatic N) is 2. The quantitative estimate of drug-likeness (QED) is 0.836. The van der Waals surface area contributed by atoms with Crippen molar-refractivity contribution >= 4 is 17.6 Å². The van der Waals surface area contributed by atoms with E-state index in [1.165, 1.54) is 22.6 Å². The van der Waals surface area contributed by atoms with Crippen LogP contribution in [0.2, 0.25) is 0 Å². The Morgan fingerprint density at radius 3 is 2.38 bits per heavy atom. The minimum absolute atomic E-state index is 0.0834. The van der Waals surface area contributed by atoms with Gasteiger partial charge in [0.05, 0.1) is 13.1 Å². The van der Waals surface area contributed by atoms with Crippen molar-refractivity contribution in [2.75, 3.05) is 24.7 Å². The topological polar surface area (TPSA) is 45.1 Å². The number of quaternary nitrogens is 1. The van der Waals surface area contributed by atoms with Crippen LogP contribution in [0.5, 0.6) is 0 Å². The van der Waals surface area contributed by atoms with Gasteiger partial charge in [0.1, 0.15) is 6.04 Å². The average Bonchev–Trinajstić information content (AvgIpc) is 3.05. The van der Waals surface area contributed by atoms with Gasteiger partial charge in [0.15, 0.2) is 6.67 Å². The van der Waals surface area contributed by atoms with Crippen LogP contribution in [0.1, 0.15) is 25.3 Å². The van der Waals surface area contributed by atoms with Crippen molar-refractivity contribution in [3.05, 3.63) is 29.8 Å². The van der Waals surface area contributed by atoms with Crippen molar-refractivity contribution < 1.29 is 14.5 Å². The van der Waals surface area contributed by atoms with Crippen LogP contribution in [0, 0.1) is 6.92 Å². The number of carbonyl (C=O) groups excluding carboxylic acids is 2. The predicted octanol–water partition coefficient (Wildman–Crippen LogP) is 0.788. The van der Waals surface area contributed by atoms with E-state index in [1.807, 2.05) is 31.2 Å². The summed E-state index contributed by atoms with van der Waals surface area (Å²) in [5.41, 5.74) is 1.94. The largest absolute Gasteiger partial charge is 0.336 e. The number of rotatable bonds is 3. The fourth-order valence-electron chi connectivity index (χ4n) is 3.17. The highest BCUT2D eigenvalue weighted by atomic mass is 16.2. The average molecular weight is 288 g/mol. The Labute approximate surface area is 125 Å². The van der Waals surface area contributed by atoms with Crippen molar-refractivity contribution in [1.82, 2.24) is 4.90 Å². The lowest BCUT2D eigenvalue weighted by atomic mass is 10.2. The number of carbonyl (C=O) groups is 2. The van der Waals surface area contributed by atoms with Crippen LogP contribution in [0.3, 0.4) is 0 Å². The zero-order chi connectivity index (χ0) is 15.0. The summed E-state index contributed by atoms with van der Waals surface area (Å²) in [5, 5.41) is 0. The van der Waals surface area contributed by atoms with Gasteiger partial charge in [-0.05, 0) is 26.0 Å². The Hall–Kier alpha value is -1.88. The second-order valence-electron chi connectivity index (χ2n) is 6.05. The van der Waals surface area contributed by atoms with Gasteiger partial charge < -0.3 is 4.90 Å². The molecule has 0 radical (unpaired) electrons. The zero-order valence-corrected chi connectivity index (χ0v) is 12.6. The highest BCUT2D eigenvalue weighted by Gasteiger charge is 2.45. The van der Waals surface area contributed by atoms with E-state index in [2.05, 4.69) is 0 Å². The van der Waals surface area contributed by atoms with Crippen LogP contribution in [0.25, 0.3) is 0 Å². The highest BCUT2D eigenvalue weighted by Crippen LogP contribution is 2.25. The number of hydrogen-bond acceptors (Lipinski definition) is 2. The number of anilines is 1. The number of imide groups is 1. The molecule has 2 aliphatic rings. The Kier molecular flexibility index (Phi) is 3.68. The molecule has 1 atom stereocenters. The summed E-state index contributed by atoms with van der Waals surface area (Å²) < 4.78 is 0. The van der Waals surface area contributed by atoms with E-state index in [9.17, 15) is 9.59 Å². The van der Waals surface area contributed by atoms with Crippen molar-refractivity contribution in [3.63, 3.8) is 0 Å². The molecule has 2 saturated heterocycles. The van der Waals surface area contributed by atoms with Crippen LogP contribution >= 0.6 is 0 Å². The van der Waals surface area contributed by atoms with Gasteiger partial charge in [0, 0.05) is 18.5 Å². The first-order valence-electron chi connectivity index (χ1n) is 7.63. The summed E-state index contributed by atoms with van der Waals surface area (Å²) in [7, 11) is 0. The fraction of sp³-hybridized carbons (Fsp3) is 0.500. The minimum Gasteiger partial charge on any atom is -0.317 e. The van der Waals surface area contributed by atoms with E-state index >= 15 is 0 Å². The lowest BCUT2D eigenvalue weighted by Crippen LogP contribution is -3.11. The molecule has 5 nitrogen and oxygen atoms in total. The normalized spacial score (nSPS) is 23.4. The van der Waals surface area contributed by atoms with Gasteiger partial charge in [0.2, 0.25) is 0 Å². The molecule has 5 heteroatoms. The summed E-state index contributed by atoms with van der Waals surface area (Å²) in [4.78, 5) is 29.4.